The minimum absolute atomic E-state index is 0.428. The molecule has 0 atom stereocenters. The van der Waals surface area contributed by atoms with E-state index < -0.39 is 11.8 Å². The molecule has 0 aliphatic heterocycles. The lowest BCUT2D eigenvalue weighted by Crippen LogP contribution is -2.26. The Labute approximate surface area is 111 Å². The zero-order valence-electron chi connectivity index (χ0n) is 9.21. The molecule has 88 valence electrons. The largest absolute Gasteiger partial charge is 0.514 e. The third kappa shape index (κ3) is 4.53. The van der Waals surface area contributed by atoms with Gasteiger partial charge in [0.2, 0.25) is 0 Å². The lowest BCUT2D eigenvalue weighted by atomic mass is 10.2. The van der Waals surface area contributed by atoms with E-state index in [1.165, 1.54) is 0 Å². The lowest BCUT2D eigenvalue weighted by Gasteiger charge is -2.18. The molecule has 5 heteroatoms. The maximum Gasteiger partial charge on any atom is 0.514 e. The minimum Gasteiger partial charge on any atom is -0.428 e. The number of rotatable bonds is 1. The van der Waals surface area contributed by atoms with Crippen molar-refractivity contribution in [2.75, 3.05) is 0 Å². The predicted molar refractivity (Wildman–Crippen MR) is 68.7 cm³/mol. The molecule has 0 spiro atoms. The van der Waals surface area contributed by atoms with Gasteiger partial charge in [0.15, 0.2) is 0 Å². The zero-order valence-corrected chi connectivity index (χ0v) is 12.4. The number of hydrogen-bond acceptors (Lipinski definition) is 3. The topological polar surface area (TPSA) is 35.5 Å². The average molecular weight is 352 g/mol. The summed E-state index contributed by atoms with van der Waals surface area (Å²) >= 11 is 6.60. The first-order valence-electron chi connectivity index (χ1n) is 4.64. The first-order valence-corrected chi connectivity index (χ1v) is 6.22. The van der Waals surface area contributed by atoms with Crippen LogP contribution in [-0.4, -0.2) is 11.8 Å². The highest BCUT2D eigenvalue weighted by Crippen LogP contribution is 2.28. The summed E-state index contributed by atoms with van der Waals surface area (Å²) in [6, 6.07) is 5.25. The van der Waals surface area contributed by atoms with Gasteiger partial charge in [-0.05, 0) is 54.9 Å². The Morgan fingerprint density at radius 2 is 1.88 bits per heavy atom. The Kier molecular flexibility index (Phi) is 4.38. The Morgan fingerprint density at radius 3 is 2.38 bits per heavy atom. The van der Waals surface area contributed by atoms with Crippen LogP contribution in [0.1, 0.15) is 20.8 Å². The van der Waals surface area contributed by atoms with Crippen LogP contribution in [0.5, 0.6) is 5.75 Å². The highest BCUT2D eigenvalue weighted by Gasteiger charge is 2.18. The molecular weight excluding hydrogens is 340 g/mol. The first-order chi connectivity index (χ1) is 7.28. The fraction of sp³-hybridized carbons (Fsp3) is 0.364. The fourth-order valence-electron chi connectivity index (χ4n) is 0.919. The molecule has 0 unspecified atom stereocenters. The van der Waals surface area contributed by atoms with Crippen LogP contribution >= 0.6 is 31.9 Å². The van der Waals surface area contributed by atoms with Gasteiger partial charge in [-0.3, -0.25) is 0 Å². The molecule has 0 N–H and O–H groups in total. The summed E-state index contributed by atoms with van der Waals surface area (Å²) in [4.78, 5) is 11.4. The van der Waals surface area contributed by atoms with E-state index in [1.54, 1.807) is 39.0 Å². The molecule has 0 aromatic heterocycles. The van der Waals surface area contributed by atoms with Crippen LogP contribution in [0.2, 0.25) is 0 Å². The van der Waals surface area contributed by atoms with Crippen molar-refractivity contribution in [3.63, 3.8) is 0 Å². The van der Waals surface area contributed by atoms with Crippen molar-refractivity contribution in [2.45, 2.75) is 26.4 Å². The average Bonchev–Trinajstić information content (AvgIpc) is 2.06. The Bertz CT molecular complexity index is 397. The van der Waals surface area contributed by atoms with Gasteiger partial charge in [0.05, 0.1) is 4.47 Å². The molecule has 1 aromatic rings. The summed E-state index contributed by atoms with van der Waals surface area (Å²) in [6.07, 6.45) is -0.712. The molecule has 0 saturated carbocycles. The second-order valence-corrected chi connectivity index (χ2v) is 5.91. The number of benzene rings is 1. The summed E-state index contributed by atoms with van der Waals surface area (Å²) < 4.78 is 11.7. The second-order valence-electron chi connectivity index (χ2n) is 4.14. The van der Waals surface area contributed by atoms with E-state index in [-0.39, 0.29) is 0 Å². The smallest absolute Gasteiger partial charge is 0.428 e. The van der Waals surface area contributed by atoms with Crippen molar-refractivity contribution in [2.24, 2.45) is 0 Å². The van der Waals surface area contributed by atoms with Gasteiger partial charge in [-0.1, -0.05) is 15.9 Å². The van der Waals surface area contributed by atoms with E-state index in [9.17, 15) is 4.79 Å². The highest BCUT2D eigenvalue weighted by molar-refractivity contribution is 9.11. The van der Waals surface area contributed by atoms with Crippen molar-refractivity contribution in [1.82, 2.24) is 0 Å². The van der Waals surface area contributed by atoms with Gasteiger partial charge in [-0.15, -0.1) is 0 Å². The first kappa shape index (κ1) is 13.5. The molecule has 0 aliphatic rings. The molecular formula is C11H12Br2O3. The zero-order chi connectivity index (χ0) is 12.3. The van der Waals surface area contributed by atoms with Gasteiger partial charge in [0.25, 0.3) is 0 Å². The van der Waals surface area contributed by atoms with E-state index in [0.29, 0.717) is 10.2 Å². The van der Waals surface area contributed by atoms with Crippen LogP contribution in [-0.2, 0) is 4.74 Å². The number of halogens is 2. The quantitative estimate of drug-likeness (QED) is 0.551. The van der Waals surface area contributed by atoms with E-state index in [0.717, 1.165) is 4.47 Å². The normalized spacial score (nSPS) is 11.1. The van der Waals surface area contributed by atoms with E-state index >= 15 is 0 Å². The van der Waals surface area contributed by atoms with Crippen LogP contribution in [0.25, 0.3) is 0 Å². The van der Waals surface area contributed by atoms with Gasteiger partial charge in [-0.2, -0.15) is 0 Å². The third-order valence-corrected chi connectivity index (χ3v) is 2.59. The van der Waals surface area contributed by atoms with Gasteiger partial charge in [-0.25, -0.2) is 4.79 Å². The molecule has 1 rings (SSSR count). The third-order valence-electron chi connectivity index (χ3n) is 1.48. The molecule has 1 aromatic carbocycles. The number of carbonyl (C=O) groups excluding carboxylic acids is 1. The number of ether oxygens (including phenoxy) is 2. The molecule has 0 amide bonds. The second kappa shape index (κ2) is 5.19. The molecule has 3 nitrogen and oxygen atoms in total. The van der Waals surface area contributed by atoms with Crippen LogP contribution in [0.3, 0.4) is 0 Å². The van der Waals surface area contributed by atoms with Crippen LogP contribution in [0.15, 0.2) is 27.1 Å². The van der Waals surface area contributed by atoms with E-state index in [2.05, 4.69) is 31.9 Å². The predicted octanol–water partition coefficient (Wildman–Crippen LogP) is 4.53. The number of carbonyl (C=O) groups is 1. The van der Waals surface area contributed by atoms with Crippen molar-refractivity contribution in [1.29, 1.82) is 0 Å². The van der Waals surface area contributed by atoms with Crippen LogP contribution in [0, 0.1) is 0 Å². The van der Waals surface area contributed by atoms with Gasteiger partial charge in [0, 0.05) is 4.47 Å². The van der Waals surface area contributed by atoms with Crippen LogP contribution < -0.4 is 4.74 Å². The summed E-state index contributed by atoms with van der Waals surface area (Å²) in [5.41, 5.74) is -0.557. The summed E-state index contributed by atoms with van der Waals surface area (Å²) in [5.74, 6) is 0.428. The van der Waals surface area contributed by atoms with Crippen molar-refractivity contribution < 1.29 is 14.3 Å². The fourth-order valence-corrected chi connectivity index (χ4v) is 2.05. The van der Waals surface area contributed by atoms with Gasteiger partial charge in [0.1, 0.15) is 11.4 Å². The number of hydrogen-bond donors (Lipinski definition) is 0. The maximum absolute atomic E-state index is 11.4. The van der Waals surface area contributed by atoms with Gasteiger partial charge >= 0.3 is 6.16 Å². The molecule has 0 saturated heterocycles. The molecule has 0 heterocycles. The highest BCUT2D eigenvalue weighted by atomic mass is 79.9. The SMILES string of the molecule is CC(C)(C)OC(=O)Oc1ccc(Br)cc1Br. The monoisotopic (exact) mass is 350 g/mol. The van der Waals surface area contributed by atoms with Crippen molar-refractivity contribution >= 4 is 38.0 Å². The molecule has 0 fully saturated rings. The molecule has 0 bridgehead atoms. The summed E-state index contributed by atoms with van der Waals surface area (Å²) in [5, 5.41) is 0. The van der Waals surface area contributed by atoms with Gasteiger partial charge < -0.3 is 9.47 Å². The molecule has 0 aliphatic carbocycles. The maximum atomic E-state index is 11.4. The van der Waals surface area contributed by atoms with Crippen LogP contribution in [0.4, 0.5) is 4.79 Å². The lowest BCUT2D eigenvalue weighted by molar-refractivity contribution is 0.0205. The Balaban J connectivity index is 2.70. The molecule has 16 heavy (non-hydrogen) atoms. The molecule has 0 radical (unpaired) electrons. The summed E-state index contributed by atoms with van der Waals surface area (Å²) in [7, 11) is 0. The van der Waals surface area contributed by atoms with Crippen molar-refractivity contribution in [3.8, 4) is 5.75 Å². The standard InChI is InChI=1S/C11H12Br2O3/c1-11(2,3)16-10(14)15-9-5-4-7(12)6-8(9)13/h4-6H,1-3H3. The Morgan fingerprint density at radius 1 is 1.25 bits per heavy atom. The Hall–Kier alpha value is -0.550. The summed E-state index contributed by atoms with van der Waals surface area (Å²) in [6.45, 7) is 5.35. The van der Waals surface area contributed by atoms with E-state index in [1.807, 2.05) is 0 Å². The van der Waals surface area contributed by atoms with E-state index in [4.69, 9.17) is 9.47 Å². The van der Waals surface area contributed by atoms with Crippen molar-refractivity contribution in [3.05, 3.63) is 27.1 Å². The minimum atomic E-state index is -0.712.